The molecule has 0 spiro atoms. The minimum absolute atomic E-state index is 0.110. The van der Waals surface area contributed by atoms with Crippen LogP contribution in [-0.4, -0.2) is 33.9 Å². The summed E-state index contributed by atoms with van der Waals surface area (Å²) in [5.41, 5.74) is 3.50. The Hall–Kier alpha value is -2.34. The zero-order valence-corrected chi connectivity index (χ0v) is 14.2. The fourth-order valence-corrected chi connectivity index (χ4v) is 4.08. The van der Waals surface area contributed by atoms with Crippen LogP contribution < -0.4 is 10.6 Å². The molecule has 6 heteroatoms. The van der Waals surface area contributed by atoms with Crippen molar-refractivity contribution in [2.75, 3.05) is 6.54 Å². The minimum atomic E-state index is -0.976. The van der Waals surface area contributed by atoms with Gasteiger partial charge in [-0.15, -0.1) is 0 Å². The second-order valence-electron chi connectivity index (χ2n) is 7.18. The highest BCUT2D eigenvalue weighted by atomic mass is 16.3. The summed E-state index contributed by atoms with van der Waals surface area (Å²) in [6.45, 7) is 0.236. The molecule has 0 saturated carbocycles. The van der Waals surface area contributed by atoms with Crippen molar-refractivity contribution < 1.29 is 9.90 Å². The van der Waals surface area contributed by atoms with Gasteiger partial charge in [0.15, 0.2) is 0 Å². The molecule has 2 aliphatic rings. The Morgan fingerprint density at radius 3 is 3.12 bits per heavy atom. The van der Waals surface area contributed by atoms with Crippen LogP contribution in [-0.2, 0) is 24.9 Å². The number of H-pyrrole nitrogens is 1. The van der Waals surface area contributed by atoms with Crippen LogP contribution in [0, 0.1) is 0 Å². The zero-order chi connectivity index (χ0) is 17.3. The van der Waals surface area contributed by atoms with Gasteiger partial charge in [-0.2, -0.15) is 5.10 Å². The van der Waals surface area contributed by atoms with Crippen LogP contribution in [0.25, 0.3) is 0 Å². The Labute approximate surface area is 147 Å². The third-order valence-corrected chi connectivity index (χ3v) is 5.45. The second kappa shape index (κ2) is 6.52. The van der Waals surface area contributed by atoms with Crippen LogP contribution in [0.4, 0.5) is 4.79 Å². The lowest BCUT2D eigenvalue weighted by Gasteiger charge is -2.35. The number of aromatic nitrogens is 2. The zero-order valence-electron chi connectivity index (χ0n) is 14.2. The van der Waals surface area contributed by atoms with E-state index in [9.17, 15) is 9.90 Å². The average Bonchev–Trinajstić information content (AvgIpc) is 3.08. The van der Waals surface area contributed by atoms with E-state index in [0.717, 1.165) is 37.7 Å². The Morgan fingerprint density at radius 1 is 1.32 bits per heavy atom. The fraction of sp³-hybridized carbons (Fsp3) is 0.474. The maximum absolute atomic E-state index is 12.3. The molecule has 25 heavy (non-hydrogen) atoms. The maximum atomic E-state index is 12.3. The normalized spacial score (nSPS) is 24.9. The molecule has 0 radical (unpaired) electrons. The van der Waals surface area contributed by atoms with Gasteiger partial charge >= 0.3 is 6.03 Å². The molecule has 0 fully saturated rings. The number of hydrogen-bond acceptors (Lipinski definition) is 3. The molecule has 1 aromatic carbocycles. The molecule has 2 amide bonds. The van der Waals surface area contributed by atoms with Gasteiger partial charge in [-0.05, 0) is 55.2 Å². The third-order valence-electron chi connectivity index (χ3n) is 5.45. The summed E-state index contributed by atoms with van der Waals surface area (Å²) in [5, 5.41) is 24.0. The third kappa shape index (κ3) is 3.26. The molecule has 0 bridgehead atoms. The molecular formula is C19H24N4O2. The van der Waals surface area contributed by atoms with Crippen LogP contribution >= 0.6 is 0 Å². The van der Waals surface area contributed by atoms with Gasteiger partial charge in [-0.3, -0.25) is 5.10 Å². The average molecular weight is 340 g/mol. The number of nitrogens with one attached hydrogen (secondary N) is 3. The molecule has 1 heterocycles. The van der Waals surface area contributed by atoms with E-state index in [2.05, 4.69) is 26.9 Å². The number of carbonyl (C=O) groups excluding carboxylic acids is 1. The van der Waals surface area contributed by atoms with Gasteiger partial charge in [0.2, 0.25) is 0 Å². The number of carbonyl (C=O) groups is 1. The Bertz CT molecular complexity index is 772. The standard InChI is InChI=1S/C19H24N4O2/c24-18(22-15-7-8-17-14(10-15)11-21-23-17)20-12-19(25)9-3-5-13-4-1-2-6-16(13)19/h1-2,4,6,11,15,25H,3,5,7-10,12H2,(H,21,23)(H2,20,22,24). The second-order valence-corrected chi connectivity index (χ2v) is 7.18. The van der Waals surface area contributed by atoms with Gasteiger partial charge < -0.3 is 15.7 Å². The van der Waals surface area contributed by atoms with Gasteiger partial charge in [0.25, 0.3) is 0 Å². The number of urea groups is 1. The molecule has 0 saturated heterocycles. The van der Waals surface area contributed by atoms with E-state index in [0.29, 0.717) is 6.42 Å². The number of amides is 2. The summed E-state index contributed by atoms with van der Waals surface area (Å²) in [7, 11) is 0. The van der Waals surface area contributed by atoms with E-state index in [1.54, 1.807) is 0 Å². The largest absolute Gasteiger partial charge is 0.383 e. The quantitative estimate of drug-likeness (QED) is 0.687. The van der Waals surface area contributed by atoms with Crippen LogP contribution in [0.3, 0.4) is 0 Å². The van der Waals surface area contributed by atoms with Crippen LogP contribution in [0.5, 0.6) is 0 Å². The first-order chi connectivity index (χ1) is 12.1. The highest BCUT2D eigenvalue weighted by molar-refractivity contribution is 5.74. The monoisotopic (exact) mass is 340 g/mol. The predicted molar refractivity (Wildman–Crippen MR) is 94.2 cm³/mol. The lowest BCUT2D eigenvalue weighted by atomic mass is 9.79. The SMILES string of the molecule is O=C(NCC1(O)CCCc2ccccc21)NC1CCc2[nH]ncc2C1. The van der Waals surface area contributed by atoms with Crippen molar-refractivity contribution in [3.63, 3.8) is 0 Å². The van der Waals surface area contributed by atoms with Crippen molar-refractivity contribution in [1.82, 2.24) is 20.8 Å². The smallest absolute Gasteiger partial charge is 0.315 e. The van der Waals surface area contributed by atoms with Gasteiger partial charge in [0, 0.05) is 11.7 Å². The van der Waals surface area contributed by atoms with Crippen molar-refractivity contribution in [1.29, 1.82) is 0 Å². The number of aromatic amines is 1. The van der Waals surface area contributed by atoms with Crippen LogP contribution in [0.15, 0.2) is 30.5 Å². The molecule has 6 nitrogen and oxygen atoms in total. The molecule has 4 N–H and O–H groups in total. The van der Waals surface area contributed by atoms with E-state index >= 15 is 0 Å². The van der Waals surface area contributed by atoms with E-state index in [-0.39, 0.29) is 18.6 Å². The molecular weight excluding hydrogens is 316 g/mol. The molecule has 0 aliphatic heterocycles. The molecule has 2 aliphatic carbocycles. The lowest BCUT2D eigenvalue weighted by molar-refractivity contribution is 0.0216. The van der Waals surface area contributed by atoms with Crippen molar-refractivity contribution in [3.8, 4) is 0 Å². The highest BCUT2D eigenvalue weighted by Gasteiger charge is 2.34. The number of benzene rings is 1. The highest BCUT2D eigenvalue weighted by Crippen LogP contribution is 2.34. The number of rotatable bonds is 3. The number of nitrogens with zero attached hydrogens (tertiary/aromatic N) is 1. The van der Waals surface area contributed by atoms with E-state index < -0.39 is 5.60 Å². The van der Waals surface area contributed by atoms with Gasteiger partial charge in [0.05, 0.1) is 12.7 Å². The first-order valence-corrected chi connectivity index (χ1v) is 9.00. The molecule has 132 valence electrons. The topological polar surface area (TPSA) is 90.0 Å². The number of fused-ring (bicyclic) bond motifs is 2. The fourth-order valence-electron chi connectivity index (χ4n) is 4.08. The number of hydrogen-bond donors (Lipinski definition) is 4. The first kappa shape index (κ1) is 16.1. The van der Waals surface area contributed by atoms with Crippen molar-refractivity contribution in [2.24, 2.45) is 0 Å². The molecule has 2 aromatic rings. The number of aryl methyl sites for hydroxylation is 2. The molecule has 2 unspecified atom stereocenters. The van der Waals surface area contributed by atoms with Crippen molar-refractivity contribution >= 4 is 6.03 Å². The van der Waals surface area contributed by atoms with Gasteiger partial charge in [0.1, 0.15) is 5.60 Å². The van der Waals surface area contributed by atoms with Crippen molar-refractivity contribution in [3.05, 3.63) is 52.8 Å². The van der Waals surface area contributed by atoms with Crippen LogP contribution in [0.1, 0.15) is 41.6 Å². The van der Waals surface area contributed by atoms with Crippen molar-refractivity contribution in [2.45, 2.75) is 50.2 Å². The summed E-state index contributed by atoms with van der Waals surface area (Å²) in [6, 6.07) is 7.86. The van der Waals surface area contributed by atoms with E-state index in [4.69, 9.17) is 0 Å². The summed E-state index contributed by atoms with van der Waals surface area (Å²) in [5.74, 6) is 0. The van der Waals surface area contributed by atoms with Gasteiger partial charge in [-0.25, -0.2) is 4.79 Å². The Morgan fingerprint density at radius 2 is 2.20 bits per heavy atom. The first-order valence-electron chi connectivity index (χ1n) is 9.00. The Balaban J connectivity index is 1.35. The molecule has 1 aromatic heterocycles. The molecule has 4 rings (SSSR count). The van der Waals surface area contributed by atoms with Crippen LogP contribution in [0.2, 0.25) is 0 Å². The lowest BCUT2D eigenvalue weighted by Crippen LogP contribution is -2.49. The van der Waals surface area contributed by atoms with E-state index in [1.165, 1.54) is 16.8 Å². The van der Waals surface area contributed by atoms with Gasteiger partial charge in [-0.1, -0.05) is 24.3 Å². The summed E-state index contributed by atoms with van der Waals surface area (Å²) < 4.78 is 0. The minimum Gasteiger partial charge on any atom is -0.383 e. The summed E-state index contributed by atoms with van der Waals surface area (Å²) >= 11 is 0. The molecule has 2 atom stereocenters. The number of aliphatic hydroxyl groups is 1. The Kier molecular flexibility index (Phi) is 4.21. The van der Waals surface area contributed by atoms with E-state index in [1.807, 2.05) is 24.4 Å². The maximum Gasteiger partial charge on any atom is 0.315 e. The summed E-state index contributed by atoms with van der Waals surface area (Å²) in [6.07, 6.45) is 7.02. The summed E-state index contributed by atoms with van der Waals surface area (Å²) in [4.78, 5) is 12.3. The predicted octanol–water partition coefficient (Wildman–Crippen LogP) is 1.79.